The number of para-hydroxylation sites is 1. The van der Waals surface area contributed by atoms with Crippen LogP contribution in [-0.4, -0.2) is 0 Å². The molecule has 2 heteroatoms. The number of halogens is 1. The molecule has 0 radical (unpaired) electrons. The van der Waals surface area contributed by atoms with Crippen molar-refractivity contribution in [1.29, 1.82) is 0 Å². The summed E-state index contributed by atoms with van der Waals surface area (Å²) >= 11 is 2.18. The molecule has 0 atom stereocenters. The van der Waals surface area contributed by atoms with Crippen LogP contribution in [0.1, 0.15) is 18.1 Å². The Labute approximate surface area is 81.7 Å². The lowest BCUT2D eigenvalue weighted by atomic mass is 10.1. The number of aryl methyl sites for hydroxylation is 2. The van der Waals surface area contributed by atoms with E-state index in [4.69, 9.17) is 0 Å². The first-order valence-electron chi connectivity index (χ1n) is 3.74. The van der Waals surface area contributed by atoms with Crippen LogP contribution in [0, 0.1) is 6.92 Å². The molecule has 0 heterocycles. The van der Waals surface area contributed by atoms with Gasteiger partial charge in [-0.2, -0.15) is 0 Å². The molecule has 1 nitrogen and oxygen atoms in total. The van der Waals surface area contributed by atoms with Crippen LogP contribution in [0.25, 0.3) is 0 Å². The van der Waals surface area contributed by atoms with Crippen LogP contribution in [0.2, 0.25) is 0 Å². The van der Waals surface area contributed by atoms with Gasteiger partial charge in [0.25, 0.3) is 0 Å². The molecule has 60 valence electrons. The minimum absolute atomic E-state index is 1.09. The highest BCUT2D eigenvalue weighted by Crippen LogP contribution is 2.21. The molecular weight excluding hydrogens is 249 g/mol. The van der Waals surface area contributed by atoms with Crippen molar-refractivity contribution in [1.82, 2.24) is 0 Å². The number of hydrogen-bond donors (Lipinski definition) is 1. The third kappa shape index (κ3) is 1.86. The second kappa shape index (κ2) is 3.95. The minimum atomic E-state index is 1.09. The van der Waals surface area contributed by atoms with Crippen molar-refractivity contribution in [3.8, 4) is 0 Å². The quantitative estimate of drug-likeness (QED) is 0.636. The first kappa shape index (κ1) is 8.84. The molecule has 1 aromatic rings. The van der Waals surface area contributed by atoms with Gasteiger partial charge in [0.2, 0.25) is 0 Å². The number of nitrogens with one attached hydrogen (secondary N) is 1. The van der Waals surface area contributed by atoms with Crippen LogP contribution in [0.5, 0.6) is 0 Å². The second-order valence-electron chi connectivity index (χ2n) is 2.56. The molecule has 0 aliphatic rings. The van der Waals surface area contributed by atoms with Crippen LogP contribution in [0.3, 0.4) is 0 Å². The van der Waals surface area contributed by atoms with E-state index < -0.39 is 0 Å². The highest BCUT2D eigenvalue weighted by atomic mass is 127. The van der Waals surface area contributed by atoms with E-state index in [0.29, 0.717) is 0 Å². The molecule has 0 amide bonds. The Hall–Kier alpha value is -0.250. The van der Waals surface area contributed by atoms with Crippen molar-refractivity contribution in [3.63, 3.8) is 0 Å². The fourth-order valence-electron chi connectivity index (χ4n) is 1.16. The van der Waals surface area contributed by atoms with Gasteiger partial charge in [0, 0.05) is 5.69 Å². The lowest BCUT2D eigenvalue weighted by molar-refractivity contribution is 1.14. The van der Waals surface area contributed by atoms with E-state index >= 15 is 0 Å². The summed E-state index contributed by atoms with van der Waals surface area (Å²) in [6.45, 7) is 4.30. The van der Waals surface area contributed by atoms with Gasteiger partial charge in [-0.1, -0.05) is 25.1 Å². The molecule has 0 aliphatic carbocycles. The van der Waals surface area contributed by atoms with E-state index in [-0.39, 0.29) is 0 Å². The summed E-state index contributed by atoms with van der Waals surface area (Å²) in [5, 5.41) is 0. The zero-order valence-corrected chi connectivity index (χ0v) is 8.97. The molecule has 0 saturated heterocycles. The molecule has 1 N–H and O–H groups in total. The summed E-state index contributed by atoms with van der Waals surface area (Å²) in [5.74, 6) is 0. The maximum atomic E-state index is 3.18. The first-order valence-corrected chi connectivity index (χ1v) is 4.82. The normalized spacial score (nSPS) is 9.73. The molecule has 0 saturated carbocycles. The average molecular weight is 261 g/mol. The van der Waals surface area contributed by atoms with Gasteiger partial charge in [0.1, 0.15) is 0 Å². The topological polar surface area (TPSA) is 12.0 Å². The van der Waals surface area contributed by atoms with Gasteiger partial charge >= 0.3 is 0 Å². The van der Waals surface area contributed by atoms with Crippen molar-refractivity contribution < 1.29 is 0 Å². The lowest BCUT2D eigenvalue weighted by Crippen LogP contribution is -1.91. The van der Waals surface area contributed by atoms with E-state index in [1.54, 1.807) is 0 Å². The van der Waals surface area contributed by atoms with Gasteiger partial charge in [0.05, 0.1) is 22.9 Å². The van der Waals surface area contributed by atoms with Crippen molar-refractivity contribution >= 4 is 28.6 Å². The van der Waals surface area contributed by atoms with Crippen LogP contribution in [-0.2, 0) is 6.42 Å². The fourth-order valence-corrected chi connectivity index (χ4v) is 1.93. The summed E-state index contributed by atoms with van der Waals surface area (Å²) in [5.41, 5.74) is 3.98. The molecule has 0 aromatic heterocycles. The Balaban J connectivity index is 3.13. The summed E-state index contributed by atoms with van der Waals surface area (Å²) < 4.78 is 3.18. The summed E-state index contributed by atoms with van der Waals surface area (Å²) in [6.07, 6.45) is 1.09. The molecule has 0 unspecified atom stereocenters. The molecule has 0 fully saturated rings. The number of benzene rings is 1. The van der Waals surface area contributed by atoms with Gasteiger partial charge in [-0.15, -0.1) is 0 Å². The van der Waals surface area contributed by atoms with Gasteiger partial charge in [-0.3, -0.25) is 0 Å². The van der Waals surface area contributed by atoms with Crippen molar-refractivity contribution in [2.45, 2.75) is 20.3 Å². The van der Waals surface area contributed by atoms with Gasteiger partial charge in [-0.25, -0.2) is 0 Å². The van der Waals surface area contributed by atoms with E-state index in [1.165, 1.54) is 16.8 Å². The van der Waals surface area contributed by atoms with Crippen molar-refractivity contribution in [3.05, 3.63) is 29.3 Å². The zero-order chi connectivity index (χ0) is 8.27. The van der Waals surface area contributed by atoms with Gasteiger partial charge in [0.15, 0.2) is 0 Å². The SMILES string of the molecule is CCc1cccc(C)c1NI. The Bertz CT molecular complexity index is 245. The Morgan fingerprint density at radius 1 is 1.45 bits per heavy atom. The van der Waals surface area contributed by atoms with E-state index in [0.717, 1.165) is 6.42 Å². The first-order chi connectivity index (χ1) is 5.29. The number of rotatable bonds is 2. The Morgan fingerprint density at radius 2 is 2.18 bits per heavy atom. The molecular formula is C9H12IN. The molecule has 0 bridgehead atoms. The van der Waals surface area contributed by atoms with Crippen LogP contribution in [0.4, 0.5) is 5.69 Å². The summed E-state index contributed by atoms with van der Waals surface area (Å²) in [7, 11) is 0. The van der Waals surface area contributed by atoms with Crippen LogP contribution < -0.4 is 3.53 Å². The molecule has 11 heavy (non-hydrogen) atoms. The third-order valence-electron chi connectivity index (χ3n) is 1.83. The highest BCUT2D eigenvalue weighted by Gasteiger charge is 2.00. The van der Waals surface area contributed by atoms with Crippen molar-refractivity contribution in [2.75, 3.05) is 3.53 Å². The van der Waals surface area contributed by atoms with Gasteiger partial charge < -0.3 is 3.53 Å². The number of anilines is 1. The standard InChI is InChI=1S/C9H12IN/c1-3-8-6-4-5-7(2)9(8)11-10/h4-6,11H,3H2,1-2H3. The smallest absolute Gasteiger partial charge is 0.0560 e. The predicted octanol–water partition coefficient (Wildman–Crippen LogP) is 3.32. The number of hydrogen-bond acceptors (Lipinski definition) is 1. The van der Waals surface area contributed by atoms with E-state index in [1.807, 2.05) is 0 Å². The maximum absolute atomic E-state index is 3.18. The third-order valence-corrected chi connectivity index (χ3v) is 2.37. The second-order valence-corrected chi connectivity index (χ2v) is 3.10. The van der Waals surface area contributed by atoms with E-state index in [2.05, 4.69) is 58.4 Å². The summed E-state index contributed by atoms with van der Waals surface area (Å²) in [6, 6.07) is 6.39. The molecule has 0 spiro atoms. The molecule has 1 aromatic carbocycles. The maximum Gasteiger partial charge on any atom is 0.0560 e. The van der Waals surface area contributed by atoms with Crippen LogP contribution >= 0.6 is 22.9 Å². The van der Waals surface area contributed by atoms with Gasteiger partial charge in [-0.05, 0) is 24.5 Å². The highest BCUT2D eigenvalue weighted by molar-refractivity contribution is 14.1. The largest absolute Gasteiger partial charge is 0.328 e. The Morgan fingerprint density at radius 3 is 2.64 bits per heavy atom. The summed E-state index contributed by atoms with van der Waals surface area (Å²) in [4.78, 5) is 0. The molecule has 0 aliphatic heterocycles. The minimum Gasteiger partial charge on any atom is -0.328 e. The monoisotopic (exact) mass is 261 g/mol. The predicted molar refractivity (Wildman–Crippen MR) is 58.2 cm³/mol. The van der Waals surface area contributed by atoms with E-state index in [9.17, 15) is 0 Å². The average Bonchev–Trinajstić information content (AvgIpc) is 2.04. The van der Waals surface area contributed by atoms with Crippen LogP contribution in [0.15, 0.2) is 18.2 Å². The van der Waals surface area contributed by atoms with Crippen molar-refractivity contribution in [2.24, 2.45) is 0 Å². The lowest BCUT2D eigenvalue weighted by Gasteiger charge is -2.08. The fraction of sp³-hybridized carbons (Fsp3) is 0.333. The molecule has 1 rings (SSSR count). The zero-order valence-electron chi connectivity index (χ0n) is 6.82. The Kier molecular flexibility index (Phi) is 3.17.